The van der Waals surface area contributed by atoms with Crippen molar-refractivity contribution in [1.29, 1.82) is 5.26 Å². The molecule has 0 aromatic heterocycles. The molecule has 0 bridgehead atoms. The monoisotopic (exact) mass is 249 g/mol. The lowest BCUT2D eigenvalue weighted by molar-refractivity contribution is 0.207. The van der Waals surface area contributed by atoms with Crippen LogP contribution >= 0.6 is 11.8 Å². The molecule has 17 heavy (non-hydrogen) atoms. The van der Waals surface area contributed by atoms with Gasteiger partial charge in [-0.15, -0.1) is 11.8 Å². The van der Waals surface area contributed by atoms with Gasteiger partial charge in [0.15, 0.2) is 0 Å². The van der Waals surface area contributed by atoms with Crippen LogP contribution in [-0.2, 0) is 0 Å². The van der Waals surface area contributed by atoms with E-state index in [-0.39, 0.29) is 10.6 Å². The average molecular weight is 249 g/mol. The molecular weight excluding hydrogens is 233 g/mol. The Bertz CT molecular complexity index is 427. The Balaban J connectivity index is 2.03. The van der Waals surface area contributed by atoms with Gasteiger partial charge in [-0.3, -0.25) is 0 Å². The van der Waals surface area contributed by atoms with Gasteiger partial charge in [0.1, 0.15) is 10.6 Å². The Morgan fingerprint density at radius 2 is 1.94 bits per heavy atom. The first-order valence-corrected chi connectivity index (χ1v) is 6.72. The zero-order chi connectivity index (χ0) is 12.5. The van der Waals surface area contributed by atoms with Gasteiger partial charge >= 0.3 is 0 Å². The van der Waals surface area contributed by atoms with E-state index in [1.54, 1.807) is 23.9 Å². The maximum atomic E-state index is 12.8. The summed E-state index contributed by atoms with van der Waals surface area (Å²) in [5, 5.41) is 9.31. The summed E-state index contributed by atoms with van der Waals surface area (Å²) < 4.78 is 12.5. The first-order chi connectivity index (χ1) is 8.04. The molecular formula is C14H16FNS. The van der Waals surface area contributed by atoms with Gasteiger partial charge in [-0.2, -0.15) is 5.26 Å². The van der Waals surface area contributed by atoms with E-state index in [1.807, 2.05) is 0 Å². The Hall–Kier alpha value is -1.01. The molecule has 0 amide bonds. The summed E-state index contributed by atoms with van der Waals surface area (Å²) in [6, 6.07) is 8.84. The van der Waals surface area contributed by atoms with Gasteiger partial charge in [0, 0.05) is 4.90 Å². The number of hydrogen-bond donors (Lipinski definition) is 0. The van der Waals surface area contributed by atoms with Crippen LogP contribution in [0.5, 0.6) is 0 Å². The topological polar surface area (TPSA) is 23.8 Å². The summed E-state index contributed by atoms with van der Waals surface area (Å²) in [6.07, 6.45) is 1.90. The van der Waals surface area contributed by atoms with E-state index in [2.05, 4.69) is 19.9 Å². The van der Waals surface area contributed by atoms with Crippen molar-refractivity contribution >= 4 is 11.8 Å². The molecule has 2 rings (SSSR count). The van der Waals surface area contributed by atoms with Crippen molar-refractivity contribution in [3.63, 3.8) is 0 Å². The van der Waals surface area contributed by atoms with E-state index in [9.17, 15) is 9.65 Å². The Morgan fingerprint density at radius 1 is 1.35 bits per heavy atom. The third kappa shape index (κ3) is 2.63. The standard InChI is InChI=1S/C14H16FNS/c1-10(2)11-7-14(8-11,9-16)17-13-5-3-12(15)4-6-13/h3-6,10-11H,7-8H2,1-2H3. The van der Waals surface area contributed by atoms with Crippen LogP contribution in [-0.4, -0.2) is 4.75 Å². The van der Waals surface area contributed by atoms with Crippen molar-refractivity contribution in [2.24, 2.45) is 11.8 Å². The minimum atomic E-state index is -0.285. The van der Waals surface area contributed by atoms with E-state index < -0.39 is 0 Å². The molecule has 3 heteroatoms. The second kappa shape index (κ2) is 4.70. The fraction of sp³-hybridized carbons (Fsp3) is 0.500. The second-order valence-corrected chi connectivity index (χ2v) is 6.53. The Kier molecular flexibility index (Phi) is 3.44. The van der Waals surface area contributed by atoms with Crippen LogP contribution in [0.4, 0.5) is 4.39 Å². The summed E-state index contributed by atoms with van der Waals surface area (Å²) in [5.74, 6) is 1.07. The lowest BCUT2D eigenvalue weighted by Gasteiger charge is -2.44. The van der Waals surface area contributed by atoms with Gasteiger partial charge in [0.2, 0.25) is 0 Å². The first-order valence-electron chi connectivity index (χ1n) is 5.90. The molecule has 0 radical (unpaired) electrons. The van der Waals surface area contributed by atoms with Crippen LogP contribution in [0.15, 0.2) is 29.2 Å². The van der Waals surface area contributed by atoms with E-state index in [1.165, 1.54) is 12.1 Å². The predicted molar refractivity (Wildman–Crippen MR) is 68.2 cm³/mol. The van der Waals surface area contributed by atoms with Crippen LogP contribution in [0, 0.1) is 29.0 Å². The lowest BCUT2D eigenvalue weighted by Crippen LogP contribution is -2.41. The number of rotatable bonds is 3. The van der Waals surface area contributed by atoms with E-state index in [0.29, 0.717) is 11.8 Å². The number of benzene rings is 1. The summed E-state index contributed by atoms with van der Waals surface area (Å²) in [7, 11) is 0. The molecule has 1 nitrogen and oxygen atoms in total. The molecule has 1 fully saturated rings. The average Bonchev–Trinajstić information content (AvgIpc) is 2.25. The number of nitrogens with zero attached hydrogens (tertiary/aromatic N) is 1. The third-order valence-corrected chi connectivity index (χ3v) is 4.78. The predicted octanol–water partition coefficient (Wildman–Crippen LogP) is 4.25. The van der Waals surface area contributed by atoms with Crippen molar-refractivity contribution in [1.82, 2.24) is 0 Å². The molecule has 0 aliphatic heterocycles. The van der Waals surface area contributed by atoms with Crippen molar-refractivity contribution in [3.8, 4) is 6.07 Å². The maximum absolute atomic E-state index is 12.8. The van der Waals surface area contributed by atoms with E-state index in [0.717, 1.165) is 17.7 Å². The highest BCUT2D eigenvalue weighted by Gasteiger charge is 2.46. The minimum Gasteiger partial charge on any atom is -0.207 e. The Labute approximate surface area is 106 Å². The first kappa shape index (κ1) is 12.4. The zero-order valence-electron chi connectivity index (χ0n) is 10.1. The summed E-state index contributed by atoms with van der Waals surface area (Å²) in [6.45, 7) is 4.41. The minimum absolute atomic E-state index is 0.228. The highest BCUT2D eigenvalue weighted by atomic mass is 32.2. The van der Waals surface area contributed by atoms with E-state index in [4.69, 9.17) is 0 Å². The van der Waals surface area contributed by atoms with Crippen molar-refractivity contribution in [3.05, 3.63) is 30.1 Å². The molecule has 0 spiro atoms. The van der Waals surface area contributed by atoms with Crippen molar-refractivity contribution in [2.45, 2.75) is 36.3 Å². The molecule has 1 aliphatic carbocycles. The fourth-order valence-electron chi connectivity index (χ4n) is 2.18. The zero-order valence-corrected chi connectivity index (χ0v) is 10.9. The third-order valence-electron chi connectivity index (χ3n) is 3.46. The summed E-state index contributed by atoms with van der Waals surface area (Å²) in [4.78, 5) is 0.982. The lowest BCUT2D eigenvalue weighted by atomic mass is 9.69. The number of thioether (sulfide) groups is 1. The van der Waals surface area contributed by atoms with Gasteiger partial charge in [0.25, 0.3) is 0 Å². The molecule has 0 saturated heterocycles. The van der Waals surface area contributed by atoms with Crippen LogP contribution in [0.2, 0.25) is 0 Å². The molecule has 1 aromatic rings. The normalized spacial score (nSPS) is 27.6. The second-order valence-electron chi connectivity index (χ2n) is 5.07. The fourth-order valence-corrected chi connectivity index (χ4v) is 3.55. The summed E-state index contributed by atoms with van der Waals surface area (Å²) >= 11 is 1.58. The molecule has 0 atom stereocenters. The molecule has 1 aromatic carbocycles. The SMILES string of the molecule is CC(C)C1CC(C#N)(Sc2ccc(F)cc2)C1. The van der Waals surface area contributed by atoms with Crippen LogP contribution < -0.4 is 0 Å². The molecule has 0 heterocycles. The molecule has 0 unspecified atom stereocenters. The highest BCUT2D eigenvalue weighted by molar-refractivity contribution is 8.01. The van der Waals surface area contributed by atoms with Crippen LogP contribution in [0.1, 0.15) is 26.7 Å². The maximum Gasteiger partial charge on any atom is 0.123 e. The van der Waals surface area contributed by atoms with Crippen LogP contribution in [0.3, 0.4) is 0 Å². The smallest absolute Gasteiger partial charge is 0.123 e. The van der Waals surface area contributed by atoms with Crippen molar-refractivity contribution < 1.29 is 4.39 Å². The van der Waals surface area contributed by atoms with Gasteiger partial charge in [-0.05, 0) is 48.9 Å². The van der Waals surface area contributed by atoms with Gasteiger partial charge in [0.05, 0.1) is 6.07 Å². The van der Waals surface area contributed by atoms with Crippen molar-refractivity contribution in [2.75, 3.05) is 0 Å². The van der Waals surface area contributed by atoms with Gasteiger partial charge in [-0.25, -0.2) is 4.39 Å². The highest BCUT2D eigenvalue weighted by Crippen LogP contribution is 2.52. The number of halogens is 1. The van der Waals surface area contributed by atoms with Crippen LogP contribution in [0.25, 0.3) is 0 Å². The number of nitriles is 1. The number of hydrogen-bond acceptors (Lipinski definition) is 2. The summed E-state index contributed by atoms with van der Waals surface area (Å²) in [5.41, 5.74) is 0. The molecule has 1 saturated carbocycles. The largest absolute Gasteiger partial charge is 0.207 e. The molecule has 90 valence electrons. The van der Waals surface area contributed by atoms with Gasteiger partial charge in [-0.1, -0.05) is 13.8 Å². The Morgan fingerprint density at radius 3 is 2.41 bits per heavy atom. The molecule has 0 N–H and O–H groups in total. The van der Waals surface area contributed by atoms with E-state index >= 15 is 0 Å². The quantitative estimate of drug-likeness (QED) is 0.799. The molecule has 1 aliphatic rings. The van der Waals surface area contributed by atoms with Gasteiger partial charge < -0.3 is 0 Å².